The van der Waals surface area contributed by atoms with Crippen molar-refractivity contribution in [2.75, 3.05) is 14.2 Å². The van der Waals surface area contributed by atoms with E-state index in [1.54, 1.807) is 49.3 Å². The van der Waals surface area contributed by atoms with Crippen LogP contribution in [0.15, 0.2) is 32.7 Å². The van der Waals surface area contributed by atoms with Gasteiger partial charge in [-0.25, -0.2) is 4.98 Å². The van der Waals surface area contributed by atoms with Gasteiger partial charge in [0.25, 0.3) is 5.56 Å². The van der Waals surface area contributed by atoms with Crippen molar-refractivity contribution in [2.45, 2.75) is 30.2 Å². The fourth-order valence-electron chi connectivity index (χ4n) is 3.77. The van der Waals surface area contributed by atoms with Gasteiger partial charge in [0, 0.05) is 17.5 Å². The van der Waals surface area contributed by atoms with Crippen LogP contribution in [0.1, 0.15) is 22.8 Å². The van der Waals surface area contributed by atoms with Crippen molar-refractivity contribution in [1.82, 2.24) is 19.7 Å². The van der Waals surface area contributed by atoms with Crippen LogP contribution in [-0.4, -0.2) is 33.9 Å². The van der Waals surface area contributed by atoms with Crippen molar-refractivity contribution in [3.8, 4) is 22.9 Å². The summed E-state index contributed by atoms with van der Waals surface area (Å²) in [5.74, 6) is 2.56. The fourth-order valence-corrected chi connectivity index (χ4v) is 5.88. The maximum absolute atomic E-state index is 12.9. The van der Waals surface area contributed by atoms with Gasteiger partial charge in [-0.2, -0.15) is 4.98 Å². The van der Waals surface area contributed by atoms with Crippen LogP contribution in [0.2, 0.25) is 0 Å². The molecule has 0 unspecified atom stereocenters. The van der Waals surface area contributed by atoms with Crippen LogP contribution in [0.4, 0.5) is 0 Å². The number of rotatable bonds is 6. The molecule has 160 valence electrons. The van der Waals surface area contributed by atoms with E-state index in [1.807, 2.05) is 6.07 Å². The lowest BCUT2D eigenvalue weighted by molar-refractivity contribution is 0.355. The normalized spacial score (nSPS) is 13.0. The third-order valence-corrected chi connectivity index (χ3v) is 7.54. The third-order valence-electron chi connectivity index (χ3n) is 5.34. The Bertz CT molecular complexity index is 1340. The van der Waals surface area contributed by atoms with E-state index in [1.165, 1.54) is 22.2 Å². The monoisotopic (exact) mass is 456 g/mol. The summed E-state index contributed by atoms with van der Waals surface area (Å²) in [4.78, 5) is 24.3. The molecule has 0 spiro atoms. The maximum Gasteiger partial charge on any atom is 0.262 e. The van der Waals surface area contributed by atoms with Crippen LogP contribution in [0.3, 0.4) is 0 Å². The number of thiophene rings is 1. The van der Waals surface area contributed by atoms with Crippen LogP contribution >= 0.6 is 23.1 Å². The van der Waals surface area contributed by atoms with Gasteiger partial charge in [-0.1, -0.05) is 16.9 Å². The summed E-state index contributed by atoms with van der Waals surface area (Å²) in [6.45, 7) is 0. The predicted octanol–water partition coefficient (Wildman–Crippen LogP) is 3.84. The predicted molar refractivity (Wildman–Crippen MR) is 119 cm³/mol. The maximum atomic E-state index is 12.9. The Morgan fingerprint density at radius 3 is 2.84 bits per heavy atom. The van der Waals surface area contributed by atoms with Crippen LogP contribution in [0, 0.1) is 0 Å². The first-order valence-electron chi connectivity index (χ1n) is 9.78. The zero-order chi connectivity index (χ0) is 21.5. The van der Waals surface area contributed by atoms with Gasteiger partial charge >= 0.3 is 0 Å². The van der Waals surface area contributed by atoms with E-state index in [2.05, 4.69) is 10.1 Å². The number of benzene rings is 1. The van der Waals surface area contributed by atoms with Crippen LogP contribution in [0.5, 0.6) is 11.5 Å². The van der Waals surface area contributed by atoms with Crippen molar-refractivity contribution in [1.29, 1.82) is 0 Å². The van der Waals surface area contributed by atoms with Crippen molar-refractivity contribution in [3.05, 3.63) is 44.9 Å². The number of ether oxygens (including phenoxy) is 2. The van der Waals surface area contributed by atoms with Crippen molar-refractivity contribution < 1.29 is 14.0 Å². The van der Waals surface area contributed by atoms with Crippen molar-refractivity contribution in [2.24, 2.45) is 7.05 Å². The molecular weight excluding hydrogens is 436 g/mol. The highest BCUT2D eigenvalue weighted by Gasteiger charge is 2.22. The van der Waals surface area contributed by atoms with Crippen molar-refractivity contribution >= 4 is 33.3 Å². The van der Waals surface area contributed by atoms with Gasteiger partial charge in [0.05, 0.1) is 25.4 Å². The van der Waals surface area contributed by atoms with Crippen LogP contribution in [0.25, 0.3) is 21.6 Å². The summed E-state index contributed by atoms with van der Waals surface area (Å²) in [7, 11) is 4.93. The number of nitrogens with zero attached hydrogens (tertiary/aromatic N) is 4. The van der Waals surface area contributed by atoms with Crippen LogP contribution < -0.4 is 15.0 Å². The molecule has 0 aliphatic heterocycles. The van der Waals surface area contributed by atoms with Gasteiger partial charge in [-0.3, -0.25) is 9.36 Å². The highest BCUT2D eigenvalue weighted by atomic mass is 32.2. The second kappa shape index (κ2) is 8.01. The highest BCUT2D eigenvalue weighted by Crippen LogP contribution is 2.36. The second-order valence-electron chi connectivity index (χ2n) is 7.17. The standard InChI is InChI=1S/C21H20N4O4S2/c1-25-20(26)17-12-5-4-6-15(12)31-19(17)23-21(25)30-10-16-22-18(24-29-16)11-7-8-13(27-2)14(9-11)28-3/h7-9H,4-6,10H2,1-3H3. The Hall–Kier alpha value is -2.85. The molecule has 0 amide bonds. The first-order valence-corrected chi connectivity index (χ1v) is 11.6. The number of aromatic nitrogens is 4. The number of fused-ring (bicyclic) bond motifs is 3. The summed E-state index contributed by atoms with van der Waals surface area (Å²) in [5.41, 5.74) is 1.97. The molecule has 1 aliphatic carbocycles. The van der Waals surface area contributed by atoms with E-state index in [9.17, 15) is 4.79 Å². The molecule has 31 heavy (non-hydrogen) atoms. The SMILES string of the molecule is COc1ccc(-c2noc(CSc3nc4sc5c(c4c(=O)n3C)CCC5)n2)cc1OC. The van der Waals surface area contributed by atoms with E-state index in [-0.39, 0.29) is 5.56 Å². The molecule has 3 heterocycles. The lowest BCUT2D eigenvalue weighted by atomic mass is 10.2. The van der Waals surface area contributed by atoms with E-state index in [0.717, 1.165) is 35.0 Å². The molecule has 0 radical (unpaired) electrons. The minimum Gasteiger partial charge on any atom is -0.493 e. The van der Waals surface area contributed by atoms with E-state index >= 15 is 0 Å². The molecule has 0 atom stereocenters. The Morgan fingerprint density at radius 1 is 1.19 bits per heavy atom. The van der Waals surface area contributed by atoms with Gasteiger partial charge < -0.3 is 14.0 Å². The zero-order valence-corrected chi connectivity index (χ0v) is 18.9. The Labute approximate surface area is 186 Å². The Morgan fingerprint density at radius 2 is 2.03 bits per heavy atom. The Balaban J connectivity index is 1.38. The highest BCUT2D eigenvalue weighted by molar-refractivity contribution is 7.98. The molecule has 5 rings (SSSR count). The summed E-state index contributed by atoms with van der Waals surface area (Å²) in [5, 5.41) is 5.50. The molecule has 0 N–H and O–H groups in total. The zero-order valence-electron chi connectivity index (χ0n) is 17.3. The number of hydrogen-bond donors (Lipinski definition) is 0. The molecule has 3 aromatic heterocycles. The molecule has 0 saturated carbocycles. The van der Waals surface area contributed by atoms with E-state index in [0.29, 0.717) is 34.1 Å². The topological polar surface area (TPSA) is 92.3 Å². The molecule has 10 heteroatoms. The van der Waals surface area contributed by atoms with Crippen molar-refractivity contribution in [3.63, 3.8) is 0 Å². The largest absolute Gasteiger partial charge is 0.493 e. The lowest BCUT2D eigenvalue weighted by Gasteiger charge is -2.07. The molecule has 0 saturated heterocycles. The summed E-state index contributed by atoms with van der Waals surface area (Å²) in [6.07, 6.45) is 3.14. The summed E-state index contributed by atoms with van der Waals surface area (Å²) >= 11 is 3.05. The minimum atomic E-state index is 0.0171. The number of aryl methyl sites for hydroxylation is 2. The second-order valence-corrected chi connectivity index (χ2v) is 9.19. The number of thioether (sulfide) groups is 1. The van der Waals surface area contributed by atoms with Gasteiger partial charge in [0.2, 0.25) is 11.7 Å². The molecule has 0 fully saturated rings. The molecule has 1 aromatic carbocycles. The Kier molecular flexibility index (Phi) is 5.19. The van der Waals surface area contributed by atoms with Gasteiger partial charge in [-0.15, -0.1) is 11.3 Å². The van der Waals surface area contributed by atoms with Crippen LogP contribution in [-0.2, 0) is 25.6 Å². The first-order chi connectivity index (χ1) is 15.1. The summed E-state index contributed by atoms with van der Waals surface area (Å²) in [6, 6.07) is 5.44. The first kappa shape index (κ1) is 20.1. The van der Waals surface area contributed by atoms with Gasteiger partial charge in [0.1, 0.15) is 4.83 Å². The summed E-state index contributed by atoms with van der Waals surface area (Å²) < 4.78 is 17.6. The smallest absolute Gasteiger partial charge is 0.262 e. The van der Waals surface area contributed by atoms with Gasteiger partial charge in [0.15, 0.2) is 16.7 Å². The number of methoxy groups -OCH3 is 2. The molecule has 0 bridgehead atoms. The minimum absolute atomic E-state index is 0.0171. The van der Waals surface area contributed by atoms with E-state index in [4.69, 9.17) is 19.0 Å². The average molecular weight is 457 g/mol. The molecule has 4 aromatic rings. The lowest BCUT2D eigenvalue weighted by Crippen LogP contribution is -2.20. The quantitative estimate of drug-likeness (QED) is 0.319. The van der Waals surface area contributed by atoms with Gasteiger partial charge in [-0.05, 0) is 43.0 Å². The van der Waals surface area contributed by atoms with E-state index < -0.39 is 0 Å². The molecule has 8 nitrogen and oxygen atoms in total. The molecular formula is C21H20N4O4S2. The molecule has 1 aliphatic rings. The fraction of sp³-hybridized carbons (Fsp3) is 0.333. The third kappa shape index (κ3) is 3.49. The average Bonchev–Trinajstić information content (AvgIpc) is 3.50. The number of hydrogen-bond acceptors (Lipinski definition) is 9.